The molecule has 1 unspecified atom stereocenters. The minimum absolute atomic E-state index is 0.302. The topological polar surface area (TPSA) is 12.5 Å². The summed E-state index contributed by atoms with van der Waals surface area (Å²) in [5, 5.41) is 0. The van der Waals surface area contributed by atoms with Gasteiger partial charge in [0.1, 0.15) is 0 Å². The van der Waals surface area contributed by atoms with Gasteiger partial charge in [-0.15, -0.1) is 0 Å². The number of morpholine rings is 1. The standard InChI is InChI=1S/C18H20BrNO/c19-17-8-6-16(7-9-17)13-20-10-11-21-18(14-20)12-15-4-2-1-3-5-15/h1-9,18H,10-14H2. The molecule has 0 aliphatic carbocycles. The quantitative estimate of drug-likeness (QED) is 0.833. The summed E-state index contributed by atoms with van der Waals surface area (Å²) >= 11 is 3.48. The molecule has 1 aliphatic rings. The highest BCUT2D eigenvalue weighted by molar-refractivity contribution is 9.10. The predicted molar refractivity (Wildman–Crippen MR) is 89.3 cm³/mol. The summed E-state index contributed by atoms with van der Waals surface area (Å²) in [5.41, 5.74) is 2.71. The Morgan fingerprint density at radius 2 is 1.76 bits per heavy atom. The zero-order chi connectivity index (χ0) is 14.5. The first-order chi connectivity index (χ1) is 10.3. The molecule has 2 nitrogen and oxygen atoms in total. The lowest BCUT2D eigenvalue weighted by molar-refractivity contribution is -0.0304. The summed E-state index contributed by atoms with van der Waals surface area (Å²) < 4.78 is 7.05. The van der Waals surface area contributed by atoms with Crippen molar-refractivity contribution in [3.05, 3.63) is 70.2 Å². The van der Waals surface area contributed by atoms with E-state index in [9.17, 15) is 0 Å². The van der Waals surface area contributed by atoms with Crippen molar-refractivity contribution in [2.75, 3.05) is 19.7 Å². The second kappa shape index (κ2) is 7.21. The molecule has 1 heterocycles. The number of benzene rings is 2. The van der Waals surface area contributed by atoms with Crippen molar-refractivity contribution in [1.82, 2.24) is 4.90 Å². The van der Waals surface area contributed by atoms with Gasteiger partial charge < -0.3 is 4.74 Å². The van der Waals surface area contributed by atoms with Crippen LogP contribution in [0.4, 0.5) is 0 Å². The highest BCUT2D eigenvalue weighted by Gasteiger charge is 2.20. The van der Waals surface area contributed by atoms with Gasteiger partial charge >= 0.3 is 0 Å². The summed E-state index contributed by atoms with van der Waals surface area (Å²) in [6.45, 7) is 3.85. The summed E-state index contributed by atoms with van der Waals surface area (Å²) in [4.78, 5) is 2.49. The van der Waals surface area contributed by atoms with Gasteiger partial charge in [0.2, 0.25) is 0 Å². The first kappa shape index (κ1) is 14.8. The normalized spacial score (nSPS) is 19.6. The van der Waals surface area contributed by atoms with Crippen LogP contribution in [0.1, 0.15) is 11.1 Å². The maximum atomic E-state index is 5.92. The molecule has 0 spiro atoms. The molecule has 0 bridgehead atoms. The van der Waals surface area contributed by atoms with Crippen molar-refractivity contribution in [3.8, 4) is 0 Å². The molecule has 3 heteroatoms. The van der Waals surface area contributed by atoms with E-state index >= 15 is 0 Å². The van der Waals surface area contributed by atoms with Gasteiger partial charge in [0.25, 0.3) is 0 Å². The van der Waals surface area contributed by atoms with Crippen LogP contribution in [0, 0.1) is 0 Å². The van der Waals surface area contributed by atoms with Gasteiger partial charge in [0.15, 0.2) is 0 Å². The second-order valence-electron chi connectivity index (χ2n) is 5.54. The Bertz CT molecular complexity index is 555. The molecule has 0 saturated carbocycles. The van der Waals surface area contributed by atoms with Crippen molar-refractivity contribution in [1.29, 1.82) is 0 Å². The Morgan fingerprint density at radius 1 is 1.00 bits per heavy atom. The maximum Gasteiger partial charge on any atom is 0.0743 e. The number of rotatable bonds is 4. The first-order valence-corrected chi connectivity index (χ1v) is 8.21. The van der Waals surface area contributed by atoms with Crippen LogP contribution in [0.25, 0.3) is 0 Å². The van der Waals surface area contributed by atoms with Crippen LogP contribution in [0.5, 0.6) is 0 Å². The largest absolute Gasteiger partial charge is 0.375 e. The third-order valence-corrected chi connectivity index (χ3v) is 4.38. The molecule has 110 valence electrons. The minimum Gasteiger partial charge on any atom is -0.375 e. The smallest absolute Gasteiger partial charge is 0.0743 e. The van der Waals surface area contributed by atoms with E-state index in [2.05, 4.69) is 75.4 Å². The summed E-state index contributed by atoms with van der Waals surface area (Å²) in [6.07, 6.45) is 1.30. The monoisotopic (exact) mass is 345 g/mol. The van der Waals surface area contributed by atoms with Crippen molar-refractivity contribution in [3.63, 3.8) is 0 Å². The molecule has 1 saturated heterocycles. The first-order valence-electron chi connectivity index (χ1n) is 7.42. The van der Waals surface area contributed by atoms with E-state index < -0.39 is 0 Å². The van der Waals surface area contributed by atoms with Gasteiger partial charge in [-0.25, -0.2) is 0 Å². The number of ether oxygens (including phenoxy) is 1. The number of halogens is 1. The number of hydrogen-bond donors (Lipinski definition) is 0. The van der Waals surface area contributed by atoms with Crippen LogP contribution in [-0.4, -0.2) is 30.7 Å². The lowest BCUT2D eigenvalue weighted by atomic mass is 10.1. The van der Waals surface area contributed by atoms with Gasteiger partial charge in [0, 0.05) is 24.1 Å². The number of hydrogen-bond acceptors (Lipinski definition) is 2. The van der Waals surface area contributed by atoms with Gasteiger partial charge in [0.05, 0.1) is 12.7 Å². The third-order valence-electron chi connectivity index (χ3n) is 3.85. The van der Waals surface area contributed by atoms with E-state index in [0.717, 1.165) is 37.1 Å². The maximum absolute atomic E-state index is 5.92. The van der Waals surface area contributed by atoms with Crippen molar-refractivity contribution < 1.29 is 4.74 Å². The van der Waals surface area contributed by atoms with Gasteiger partial charge in [-0.2, -0.15) is 0 Å². The third kappa shape index (κ3) is 4.40. The minimum atomic E-state index is 0.302. The molecule has 1 atom stereocenters. The molecular formula is C18H20BrNO. The second-order valence-corrected chi connectivity index (χ2v) is 6.46. The average molecular weight is 346 g/mol. The lowest BCUT2D eigenvalue weighted by Gasteiger charge is -2.33. The van der Waals surface area contributed by atoms with E-state index in [1.165, 1.54) is 11.1 Å². The molecule has 1 fully saturated rings. The highest BCUT2D eigenvalue weighted by atomic mass is 79.9. The van der Waals surface area contributed by atoms with E-state index in [0.29, 0.717) is 6.10 Å². The van der Waals surface area contributed by atoms with E-state index in [-0.39, 0.29) is 0 Å². The fraction of sp³-hybridized carbons (Fsp3) is 0.333. The van der Waals surface area contributed by atoms with E-state index in [1.54, 1.807) is 0 Å². The van der Waals surface area contributed by atoms with E-state index in [1.807, 2.05) is 0 Å². The fourth-order valence-electron chi connectivity index (χ4n) is 2.77. The molecular weight excluding hydrogens is 326 g/mol. The Labute approximate surface area is 134 Å². The Hall–Kier alpha value is -1.16. The van der Waals surface area contributed by atoms with Crippen LogP contribution in [0.2, 0.25) is 0 Å². The average Bonchev–Trinajstić information content (AvgIpc) is 2.51. The zero-order valence-electron chi connectivity index (χ0n) is 12.0. The molecule has 3 rings (SSSR count). The Balaban J connectivity index is 1.57. The molecule has 0 aromatic heterocycles. The molecule has 0 radical (unpaired) electrons. The van der Waals surface area contributed by atoms with Crippen molar-refractivity contribution in [2.24, 2.45) is 0 Å². The van der Waals surface area contributed by atoms with Crippen LogP contribution in [0.15, 0.2) is 59.1 Å². The molecule has 0 N–H and O–H groups in total. The highest BCUT2D eigenvalue weighted by Crippen LogP contribution is 2.16. The zero-order valence-corrected chi connectivity index (χ0v) is 13.6. The van der Waals surface area contributed by atoms with Gasteiger partial charge in [-0.3, -0.25) is 4.90 Å². The fourth-order valence-corrected chi connectivity index (χ4v) is 3.04. The van der Waals surface area contributed by atoms with Crippen molar-refractivity contribution >= 4 is 15.9 Å². The lowest BCUT2D eigenvalue weighted by Crippen LogP contribution is -2.42. The SMILES string of the molecule is Brc1ccc(CN2CCOC(Cc3ccccc3)C2)cc1. The van der Waals surface area contributed by atoms with Gasteiger partial charge in [-0.1, -0.05) is 58.4 Å². The predicted octanol–water partition coefficient (Wildman–Crippen LogP) is 3.89. The molecule has 2 aromatic rings. The summed E-state index contributed by atoms with van der Waals surface area (Å²) in [5.74, 6) is 0. The number of nitrogens with zero attached hydrogens (tertiary/aromatic N) is 1. The molecule has 1 aliphatic heterocycles. The Kier molecular flexibility index (Phi) is 5.07. The van der Waals surface area contributed by atoms with Crippen molar-refractivity contribution in [2.45, 2.75) is 19.1 Å². The molecule has 21 heavy (non-hydrogen) atoms. The molecule has 2 aromatic carbocycles. The Morgan fingerprint density at radius 3 is 2.52 bits per heavy atom. The van der Waals surface area contributed by atoms with Crippen LogP contribution in [0.3, 0.4) is 0 Å². The molecule has 0 amide bonds. The van der Waals surface area contributed by atoms with Crippen LogP contribution >= 0.6 is 15.9 Å². The van der Waals surface area contributed by atoms with E-state index in [4.69, 9.17) is 4.74 Å². The summed E-state index contributed by atoms with van der Waals surface area (Å²) in [7, 11) is 0. The van der Waals surface area contributed by atoms with Crippen LogP contribution in [-0.2, 0) is 17.7 Å². The van der Waals surface area contributed by atoms with Crippen LogP contribution < -0.4 is 0 Å². The summed E-state index contributed by atoms with van der Waals surface area (Å²) in [6, 6.07) is 19.2. The van der Waals surface area contributed by atoms with Gasteiger partial charge in [-0.05, 0) is 29.7 Å².